The van der Waals surface area contributed by atoms with Gasteiger partial charge in [0.1, 0.15) is 0 Å². The van der Waals surface area contributed by atoms with Crippen LogP contribution < -0.4 is 0 Å². The van der Waals surface area contributed by atoms with Gasteiger partial charge in [-0.3, -0.25) is 0 Å². The van der Waals surface area contributed by atoms with Gasteiger partial charge in [-0.15, -0.1) is 0 Å². The molecule has 0 spiro atoms. The summed E-state index contributed by atoms with van der Waals surface area (Å²) in [4.78, 5) is 0. The van der Waals surface area contributed by atoms with E-state index in [2.05, 4.69) is 80.6 Å². The highest BCUT2D eigenvalue weighted by Gasteiger charge is 2.33. The summed E-state index contributed by atoms with van der Waals surface area (Å²) in [5.41, 5.74) is 5.37. The molecular formula is C24H23N. The lowest BCUT2D eigenvalue weighted by Crippen LogP contribution is -2.30. The molecule has 3 aromatic rings. The normalized spacial score (nSPS) is 13.0. The Balaban J connectivity index is 2.03. The number of nitrogens with zero attached hydrogens (tertiary/aromatic N) is 1. The number of hydrogen-bond donors (Lipinski definition) is 0. The Morgan fingerprint density at radius 3 is 1.68 bits per heavy atom. The van der Waals surface area contributed by atoms with E-state index in [1.54, 1.807) is 0 Å². The highest BCUT2D eigenvalue weighted by molar-refractivity contribution is 5.40. The summed E-state index contributed by atoms with van der Waals surface area (Å²) >= 11 is 0. The van der Waals surface area contributed by atoms with E-state index in [0.29, 0.717) is 12.8 Å². The first-order chi connectivity index (χ1) is 12.1. The number of aryl methyl sites for hydroxylation is 2. The van der Waals surface area contributed by atoms with Gasteiger partial charge in [0.15, 0.2) is 0 Å². The fourth-order valence-electron chi connectivity index (χ4n) is 3.28. The van der Waals surface area contributed by atoms with E-state index < -0.39 is 5.41 Å². The van der Waals surface area contributed by atoms with Crippen molar-refractivity contribution < 1.29 is 0 Å². The van der Waals surface area contributed by atoms with Crippen LogP contribution in [0.3, 0.4) is 0 Å². The predicted molar refractivity (Wildman–Crippen MR) is 103 cm³/mol. The Hall–Kier alpha value is -2.85. The van der Waals surface area contributed by atoms with Crippen molar-refractivity contribution in [2.45, 2.75) is 32.1 Å². The Morgan fingerprint density at radius 2 is 1.16 bits per heavy atom. The fourth-order valence-corrected chi connectivity index (χ4v) is 3.28. The number of rotatable bonds is 5. The summed E-state index contributed by atoms with van der Waals surface area (Å²) in [5.74, 6) is 0. The summed E-state index contributed by atoms with van der Waals surface area (Å²) in [7, 11) is 0. The Morgan fingerprint density at radius 1 is 0.680 bits per heavy atom. The van der Waals surface area contributed by atoms with Crippen LogP contribution in [0.25, 0.3) is 0 Å². The first-order valence-electron chi connectivity index (χ1n) is 8.69. The van der Waals surface area contributed by atoms with Crippen molar-refractivity contribution in [1.29, 1.82) is 5.26 Å². The second-order valence-corrected chi connectivity index (χ2v) is 6.88. The van der Waals surface area contributed by atoms with Gasteiger partial charge in [0.05, 0.1) is 11.5 Å². The lowest BCUT2D eigenvalue weighted by atomic mass is 9.72. The van der Waals surface area contributed by atoms with Crippen LogP contribution in [0.2, 0.25) is 0 Å². The van der Waals surface area contributed by atoms with E-state index in [4.69, 9.17) is 0 Å². The number of hydrogen-bond acceptors (Lipinski definition) is 1. The van der Waals surface area contributed by atoms with Gasteiger partial charge in [0, 0.05) is 0 Å². The molecule has 0 saturated carbocycles. The molecule has 25 heavy (non-hydrogen) atoms. The monoisotopic (exact) mass is 325 g/mol. The molecule has 0 N–H and O–H groups in total. The maximum Gasteiger partial charge on any atom is 0.0902 e. The molecule has 1 atom stereocenters. The SMILES string of the molecule is Cc1ccc(CC(C#N)(Cc2ccccc2)c2ccc(C)cc2)cc1. The molecule has 0 fully saturated rings. The van der Waals surface area contributed by atoms with Crippen molar-refractivity contribution in [2.24, 2.45) is 0 Å². The van der Waals surface area contributed by atoms with Gasteiger partial charge >= 0.3 is 0 Å². The molecule has 0 bridgehead atoms. The predicted octanol–water partition coefficient (Wildman–Crippen LogP) is 5.55. The maximum atomic E-state index is 10.2. The Labute approximate surface area is 150 Å². The van der Waals surface area contributed by atoms with E-state index in [1.165, 1.54) is 22.3 Å². The van der Waals surface area contributed by atoms with Gasteiger partial charge in [-0.2, -0.15) is 5.26 Å². The van der Waals surface area contributed by atoms with Crippen LogP contribution in [0.5, 0.6) is 0 Å². The number of benzene rings is 3. The van der Waals surface area contributed by atoms with Crippen LogP contribution >= 0.6 is 0 Å². The van der Waals surface area contributed by atoms with Crippen LogP contribution in [0.4, 0.5) is 0 Å². The van der Waals surface area contributed by atoms with Gasteiger partial charge < -0.3 is 0 Å². The molecule has 0 amide bonds. The lowest BCUT2D eigenvalue weighted by molar-refractivity contribution is 0.541. The lowest BCUT2D eigenvalue weighted by Gasteiger charge is -2.28. The molecule has 0 saturated heterocycles. The first-order valence-corrected chi connectivity index (χ1v) is 8.69. The third-order valence-electron chi connectivity index (χ3n) is 4.79. The highest BCUT2D eigenvalue weighted by Crippen LogP contribution is 2.32. The molecular weight excluding hydrogens is 302 g/mol. The molecule has 1 unspecified atom stereocenters. The zero-order valence-electron chi connectivity index (χ0n) is 14.9. The van der Waals surface area contributed by atoms with Gasteiger partial charge in [-0.05, 0) is 43.4 Å². The molecule has 1 heteroatoms. The Kier molecular flexibility index (Phi) is 5.00. The molecule has 0 aliphatic heterocycles. The summed E-state index contributed by atoms with van der Waals surface area (Å²) in [6, 6.07) is 29.9. The standard InChI is InChI=1S/C24H23N/c1-19-8-12-22(13-9-19)17-24(18-25,16-21-6-4-3-5-7-21)23-14-10-20(2)11-15-23/h3-15H,16-17H2,1-2H3. The molecule has 0 aliphatic carbocycles. The van der Waals surface area contributed by atoms with Crippen LogP contribution in [-0.2, 0) is 18.3 Å². The Bertz CT molecular complexity index is 855. The molecule has 0 aliphatic rings. The van der Waals surface area contributed by atoms with E-state index in [9.17, 15) is 5.26 Å². The van der Waals surface area contributed by atoms with Gasteiger partial charge in [0.25, 0.3) is 0 Å². The summed E-state index contributed by atoms with van der Waals surface area (Å²) in [6.07, 6.45) is 1.42. The zero-order chi connectivity index (χ0) is 17.7. The first kappa shape index (κ1) is 17.0. The molecule has 0 heterocycles. The molecule has 3 rings (SSSR count). The van der Waals surface area contributed by atoms with E-state index in [-0.39, 0.29) is 0 Å². The minimum absolute atomic E-state index is 0.565. The van der Waals surface area contributed by atoms with Crippen molar-refractivity contribution >= 4 is 0 Å². The van der Waals surface area contributed by atoms with Crippen molar-refractivity contribution in [3.05, 3.63) is 107 Å². The maximum absolute atomic E-state index is 10.2. The smallest absolute Gasteiger partial charge is 0.0902 e. The van der Waals surface area contributed by atoms with E-state index >= 15 is 0 Å². The van der Waals surface area contributed by atoms with Crippen molar-refractivity contribution in [2.75, 3.05) is 0 Å². The molecule has 0 radical (unpaired) electrons. The molecule has 3 aromatic carbocycles. The van der Waals surface area contributed by atoms with E-state index in [0.717, 1.165) is 5.56 Å². The minimum Gasteiger partial charge on any atom is -0.197 e. The third-order valence-corrected chi connectivity index (χ3v) is 4.79. The quantitative estimate of drug-likeness (QED) is 0.603. The van der Waals surface area contributed by atoms with Crippen molar-refractivity contribution in [1.82, 2.24) is 0 Å². The van der Waals surface area contributed by atoms with Gasteiger partial charge in [-0.25, -0.2) is 0 Å². The summed E-state index contributed by atoms with van der Waals surface area (Å²) < 4.78 is 0. The fraction of sp³-hybridized carbons (Fsp3) is 0.208. The van der Waals surface area contributed by atoms with Gasteiger partial charge in [-0.1, -0.05) is 90.0 Å². The van der Waals surface area contributed by atoms with Crippen LogP contribution in [0, 0.1) is 25.2 Å². The van der Waals surface area contributed by atoms with Crippen LogP contribution in [0.15, 0.2) is 78.9 Å². The second kappa shape index (κ2) is 7.36. The van der Waals surface area contributed by atoms with Crippen molar-refractivity contribution in [3.63, 3.8) is 0 Å². The number of nitriles is 1. The largest absolute Gasteiger partial charge is 0.197 e. The van der Waals surface area contributed by atoms with Gasteiger partial charge in [0.2, 0.25) is 0 Å². The molecule has 1 nitrogen and oxygen atoms in total. The van der Waals surface area contributed by atoms with Crippen molar-refractivity contribution in [3.8, 4) is 6.07 Å². The highest BCUT2D eigenvalue weighted by atomic mass is 14.4. The zero-order valence-corrected chi connectivity index (χ0v) is 14.9. The average Bonchev–Trinajstić information content (AvgIpc) is 2.64. The average molecular weight is 325 g/mol. The molecule has 124 valence electrons. The van der Waals surface area contributed by atoms with Crippen LogP contribution in [0.1, 0.15) is 27.8 Å². The molecule has 0 aromatic heterocycles. The second-order valence-electron chi connectivity index (χ2n) is 6.88. The van der Waals surface area contributed by atoms with Crippen LogP contribution in [-0.4, -0.2) is 0 Å². The van der Waals surface area contributed by atoms with E-state index in [1.807, 2.05) is 18.2 Å². The summed E-state index contributed by atoms with van der Waals surface area (Å²) in [5, 5.41) is 10.2. The topological polar surface area (TPSA) is 23.8 Å². The summed E-state index contributed by atoms with van der Waals surface area (Å²) in [6.45, 7) is 4.17. The minimum atomic E-state index is -0.565. The third kappa shape index (κ3) is 3.98.